The van der Waals surface area contributed by atoms with E-state index in [-0.39, 0.29) is 22.3 Å². The molecule has 8 heteroatoms. The van der Waals surface area contributed by atoms with E-state index in [0.717, 1.165) is 22.8 Å². The van der Waals surface area contributed by atoms with Crippen LogP contribution in [0.25, 0.3) is 0 Å². The molecule has 0 saturated carbocycles. The van der Waals surface area contributed by atoms with E-state index in [2.05, 4.69) is 5.32 Å². The summed E-state index contributed by atoms with van der Waals surface area (Å²) < 4.78 is 23.6. The van der Waals surface area contributed by atoms with E-state index in [1.165, 1.54) is 12.1 Å². The van der Waals surface area contributed by atoms with Gasteiger partial charge in [-0.05, 0) is 43.5 Å². The molecule has 0 fully saturated rings. The average molecular weight is 349 g/mol. The Bertz CT molecular complexity index is 894. The summed E-state index contributed by atoms with van der Waals surface area (Å²) in [6.45, 7) is 5.86. The predicted molar refractivity (Wildman–Crippen MR) is 92.4 cm³/mol. The zero-order chi connectivity index (χ0) is 18.1. The van der Waals surface area contributed by atoms with Crippen LogP contribution in [0.2, 0.25) is 0 Å². The molecule has 0 aliphatic rings. The van der Waals surface area contributed by atoms with Gasteiger partial charge in [-0.3, -0.25) is 10.1 Å². The number of aryl methyl sites for hydroxylation is 1. The second-order valence-electron chi connectivity index (χ2n) is 5.64. The summed E-state index contributed by atoms with van der Waals surface area (Å²) in [6.07, 6.45) is 0. The Morgan fingerprint density at radius 1 is 1.21 bits per heavy atom. The average Bonchev–Trinajstić information content (AvgIpc) is 2.49. The van der Waals surface area contributed by atoms with Crippen molar-refractivity contribution in [1.82, 2.24) is 0 Å². The minimum atomic E-state index is -4.10. The van der Waals surface area contributed by atoms with Gasteiger partial charge in [0, 0.05) is 18.2 Å². The Kier molecular flexibility index (Phi) is 4.91. The maximum absolute atomic E-state index is 11.8. The topological polar surface area (TPSA) is 115 Å². The number of non-ortho nitro benzene ring substituents is 1. The molecule has 24 heavy (non-hydrogen) atoms. The zero-order valence-electron chi connectivity index (χ0n) is 13.6. The Morgan fingerprint density at radius 2 is 1.88 bits per heavy atom. The first kappa shape index (κ1) is 17.9. The highest BCUT2D eigenvalue weighted by Crippen LogP contribution is 2.30. The summed E-state index contributed by atoms with van der Waals surface area (Å²) in [5.74, 6) is 0. The van der Waals surface area contributed by atoms with Gasteiger partial charge in [-0.15, -0.1) is 0 Å². The summed E-state index contributed by atoms with van der Waals surface area (Å²) in [5.41, 5.74) is 3.13. The number of rotatable bonds is 5. The number of nitrogens with one attached hydrogen (secondary N) is 1. The van der Waals surface area contributed by atoms with E-state index in [4.69, 9.17) is 5.14 Å². The highest BCUT2D eigenvalue weighted by Gasteiger charge is 2.20. The molecule has 3 N–H and O–H groups in total. The third-order valence-electron chi connectivity index (χ3n) is 3.97. The molecule has 0 aromatic heterocycles. The standard InChI is InChI=1S/C16H19N3O4S/c1-10-5-4-6-14(11(10)2)12(3)18-15-8-7-13(19(20)21)9-16(15)24(17,22)23/h4-9,12,18H,1-3H3,(H2,17,22,23). The van der Waals surface area contributed by atoms with Crippen molar-refractivity contribution in [3.05, 3.63) is 63.2 Å². The van der Waals surface area contributed by atoms with Crippen LogP contribution < -0.4 is 10.5 Å². The number of nitro groups is 1. The van der Waals surface area contributed by atoms with Gasteiger partial charge in [0.1, 0.15) is 4.90 Å². The molecule has 128 valence electrons. The fourth-order valence-corrected chi connectivity index (χ4v) is 3.25. The molecule has 0 aliphatic heterocycles. The fraction of sp³-hybridized carbons (Fsp3) is 0.250. The molecule has 1 atom stereocenters. The second kappa shape index (κ2) is 6.58. The Balaban J connectivity index is 2.45. The van der Waals surface area contributed by atoms with Gasteiger partial charge in [0.2, 0.25) is 10.0 Å². The van der Waals surface area contributed by atoms with Crippen LogP contribution >= 0.6 is 0 Å². The smallest absolute Gasteiger partial charge is 0.270 e. The Morgan fingerprint density at radius 3 is 2.46 bits per heavy atom. The molecule has 2 aromatic rings. The molecule has 7 nitrogen and oxygen atoms in total. The summed E-state index contributed by atoms with van der Waals surface area (Å²) in [4.78, 5) is 9.91. The maximum atomic E-state index is 11.8. The van der Waals surface area contributed by atoms with Crippen molar-refractivity contribution < 1.29 is 13.3 Å². The van der Waals surface area contributed by atoms with Crippen LogP contribution in [0, 0.1) is 24.0 Å². The lowest BCUT2D eigenvalue weighted by Gasteiger charge is -2.20. The van der Waals surface area contributed by atoms with Crippen LogP contribution in [0.3, 0.4) is 0 Å². The van der Waals surface area contributed by atoms with E-state index >= 15 is 0 Å². The number of nitro benzene ring substituents is 1. The highest BCUT2D eigenvalue weighted by molar-refractivity contribution is 7.89. The Hall–Kier alpha value is -2.45. The molecule has 0 amide bonds. The number of sulfonamides is 1. The molecule has 0 aliphatic carbocycles. The normalized spacial score (nSPS) is 12.7. The van der Waals surface area contributed by atoms with Gasteiger partial charge in [-0.2, -0.15) is 0 Å². The molecule has 0 radical (unpaired) electrons. The van der Waals surface area contributed by atoms with Crippen LogP contribution in [0.15, 0.2) is 41.3 Å². The first-order valence-corrected chi connectivity index (χ1v) is 8.79. The molecular formula is C16H19N3O4S. The van der Waals surface area contributed by atoms with Gasteiger partial charge in [-0.1, -0.05) is 18.2 Å². The lowest BCUT2D eigenvalue weighted by Crippen LogP contribution is -2.17. The summed E-state index contributed by atoms with van der Waals surface area (Å²) >= 11 is 0. The maximum Gasteiger partial charge on any atom is 0.270 e. The first-order chi connectivity index (χ1) is 11.1. The lowest BCUT2D eigenvalue weighted by atomic mass is 9.98. The first-order valence-electron chi connectivity index (χ1n) is 7.25. The minimum absolute atomic E-state index is 0.202. The monoisotopic (exact) mass is 349 g/mol. The summed E-state index contributed by atoms with van der Waals surface area (Å²) in [6, 6.07) is 9.23. The van der Waals surface area contributed by atoms with Crippen LogP contribution in [0.5, 0.6) is 0 Å². The van der Waals surface area contributed by atoms with Gasteiger partial charge < -0.3 is 5.32 Å². The van der Waals surface area contributed by atoms with Gasteiger partial charge in [-0.25, -0.2) is 13.6 Å². The number of anilines is 1. The van der Waals surface area contributed by atoms with E-state index in [1.807, 2.05) is 39.0 Å². The van der Waals surface area contributed by atoms with Crippen molar-refractivity contribution in [3.63, 3.8) is 0 Å². The third-order valence-corrected chi connectivity index (χ3v) is 4.92. The van der Waals surface area contributed by atoms with E-state index in [9.17, 15) is 18.5 Å². The molecule has 0 saturated heterocycles. The molecule has 2 aromatic carbocycles. The molecule has 1 unspecified atom stereocenters. The number of nitrogens with zero attached hydrogens (tertiary/aromatic N) is 1. The van der Waals surface area contributed by atoms with Crippen molar-refractivity contribution in [2.24, 2.45) is 5.14 Å². The number of hydrogen-bond donors (Lipinski definition) is 2. The molecule has 2 rings (SSSR count). The SMILES string of the molecule is Cc1cccc(C(C)Nc2ccc([N+](=O)[O-])cc2S(N)(=O)=O)c1C. The molecular weight excluding hydrogens is 330 g/mol. The van der Waals surface area contributed by atoms with Crippen LogP contribution in [0.4, 0.5) is 11.4 Å². The minimum Gasteiger partial charge on any atom is -0.377 e. The molecule has 0 bridgehead atoms. The van der Waals surface area contributed by atoms with Crippen LogP contribution in [-0.4, -0.2) is 13.3 Å². The molecule has 0 heterocycles. The van der Waals surface area contributed by atoms with Crippen molar-refractivity contribution in [3.8, 4) is 0 Å². The van der Waals surface area contributed by atoms with E-state index < -0.39 is 14.9 Å². The van der Waals surface area contributed by atoms with Crippen LogP contribution in [0.1, 0.15) is 29.7 Å². The van der Waals surface area contributed by atoms with Gasteiger partial charge >= 0.3 is 0 Å². The van der Waals surface area contributed by atoms with Gasteiger partial charge in [0.05, 0.1) is 10.6 Å². The second-order valence-corrected chi connectivity index (χ2v) is 7.17. The third kappa shape index (κ3) is 3.72. The highest BCUT2D eigenvalue weighted by atomic mass is 32.2. The van der Waals surface area contributed by atoms with Crippen molar-refractivity contribution in [1.29, 1.82) is 0 Å². The number of primary sulfonamides is 1. The summed E-state index contributed by atoms with van der Waals surface area (Å²) in [5, 5.41) is 19.2. The van der Waals surface area contributed by atoms with Gasteiger partial charge in [0.25, 0.3) is 5.69 Å². The predicted octanol–water partition coefficient (Wildman–Crippen LogP) is 3.03. The molecule has 0 spiro atoms. The van der Waals surface area contributed by atoms with Crippen LogP contribution in [-0.2, 0) is 10.0 Å². The van der Waals surface area contributed by atoms with Crippen molar-refractivity contribution in [2.75, 3.05) is 5.32 Å². The van der Waals surface area contributed by atoms with Gasteiger partial charge in [0.15, 0.2) is 0 Å². The zero-order valence-corrected chi connectivity index (χ0v) is 14.4. The van der Waals surface area contributed by atoms with Crippen molar-refractivity contribution in [2.45, 2.75) is 31.7 Å². The number of hydrogen-bond acceptors (Lipinski definition) is 5. The van der Waals surface area contributed by atoms with E-state index in [1.54, 1.807) is 0 Å². The fourth-order valence-electron chi connectivity index (χ4n) is 2.53. The largest absolute Gasteiger partial charge is 0.377 e. The number of nitrogens with two attached hydrogens (primary N) is 1. The Labute approximate surface area is 140 Å². The van der Waals surface area contributed by atoms with E-state index in [0.29, 0.717) is 0 Å². The lowest BCUT2D eigenvalue weighted by molar-refractivity contribution is -0.385. The summed E-state index contributed by atoms with van der Waals surface area (Å²) in [7, 11) is -4.10. The number of benzene rings is 2. The van der Waals surface area contributed by atoms with Crippen molar-refractivity contribution >= 4 is 21.4 Å². The quantitative estimate of drug-likeness (QED) is 0.636.